The lowest BCUT2D eigenvalue weighted by atomic mass is 10.1. The van der Waals surface area contributed by atoms with Crippen molar-refractivity contribution in [3.8, 4) is 0 Å². The predicted octanol–water partition coefficient (Wildman–Crippen LogP) is 2.76. The van der Waals surface area contributed by atoms with E-state index in [0.717, 1.165) is 55.4 Å². The van der Waals surface area contributed by atoms with Gasteiger partial charge in [0.15, 0.2) is 0 Å². The average Bonchev–Trinajstić information content (AvgIpc) is 3.05. The Hall–Kier alpha value is -2.80. The summed E-state index contributed by atoms with van der Waals surface area (Å²) in [6, 6.07) is 6.74. The van der Waals surface area contributed by atoms with Crippen LogP contribution in [0.4, 0.5) is 0 Å². The number of rotatable bonds is 5. The van der Waals surface area contributed by atoms with Gasteiger partial charge in [0.1, 0.15) is 6.33 Å². The minimum absolute atomic E-state index is 0.118. The number of likely N-dealkylation sites (tertiary alicyclic amines) is 1. The van der Waals surface area contributed by atoms with Crippen LogP contribution in [0.3, 0.4) is 0 Å². The molecule has 3 heterocycles. The highest BCUT2D eigenvalue weighted by Gasteiger charge is 2.25. The van der Waals surface area contributed by atoms with Crippen LogP contribution in [0, 0.1) is 0 Å². The van der Waals surface area contributed by atoms with Gasteiger partial charge in [-0.05, 0) is 37.4 Å². The number of carbonyl (C=O) groups excluding carboxylic acids is 1. The zero-order valence-corrected chi connectivity index (χ0v) is 16.2. The van der Waals surface area contributed by atoms with E-state index < -0.39 is 0 Å². The Bertz CT molecular complexity index is 925. The maximum atomic E-state index is 12.3. The summed E-state index contributed by atoms with van der Waals surface area (Å²) >= 11 is 0. The molecule has 146 valence electrons. The number of hydrogen-bond acceptors (Lipinski definition) is 5. The average molecular weight is 378 g/mol. The normalized spacial score (nSPS) is 18.1. The topological polar surface area (TPSA) is 78.0 Å². The van der Waals surface area contributed by atoms with E-state index in [1.54, 1.807) is 19.3 Å². The second kappa shape index (κ2) is 8.48. The highest BCUT2D eigenvalue weighted by atomic mass is 16.2. The number of hydrogen-bond donors (Lipinski definition) is 1. The maximum absolute atomic E-state index is 12.3. The molecule has 2 aromatic heterocycles. The molecule has 0 bridgehead atoms. The molecule has 7 heteroatoms. The zero-order chi connectivity index (χ0) is 19.3. The lowest BCUT2D eigenvalue weighted by molar-refractivity contribution is -0.132. The number of aromatic nitrogens is 4. The zero-order valence-electron chi connectivity index (χ0n) is 16.2. The predicted molar refractivity (Wildman–Crippen MR) is 107 cm³/mol. The van der Waals surface area contributed by atoms with E-state index in [-0.39, 0.29) is 11.9 Å². The largest absolute Gasteiger partial charge is 0.335 e. The summed E-state index contributed by atoms with van der Waals surface area (Å²) in [5, 5.41) is 8.28. The second-order valence-corrected chi connectivity index (χ2v) is 7.55. The molecular formula is C21H26N6O. The van der Waals surface area contributed by atoms with Gasteiger partial charge in [-0.2, -0.15) is 5.10 Å². The molecule has 1 fully saturated rings. The molecule has 1 aromatic carbocycles. The van der Waals surface area contributed by atoms with Gasteiger partial charge in [0.05, 0.1) is 11.7 Å². The van der Waals surface area contributed by atoms with Crippen LogP contribution < -0.4 is 0 Å². The van der Waals surface area contributed by atoms with E-state index in [1.165, 1.54) is 11.9 Å². The maximum Gasteiger partial charge on any atom is 0.219 e. The van der Waals surface area contributed by atoms with Gasteiger partial charge in [-0.1, -0.05) is 12.1 Å². The molecule has 0 aliphatic carbocycles. The standard InChI is InChI=1S/C21H26N6O/c1-16(28)27(14-18-10-22-15-23-11-18)20-3-2-7-26(8-6-20)13-17-4-5-19-12-24-25-21(19)9-17/h4-5,9-12,15,20H,2-3,6-8,13-14H2,1H3,(H,24,25). The Balaban J connectivity index is 1.39. The molecule has 4 rings (SSSR count). The Morgan fingerprint density at radius 3 is 2.86 bits per heavy atom. The summed E-state index contributed by atoms with van der Waals surface area (Å²) in [5.74, 6) is 0.118. The molecule has 0 spiro atoms. The second-order valence-electron chi connectivity index (χ2n) is 7.55. The number of aromatic amines is 1. The monoisotopic (exact) mass is 378 g/mol. The van der Waals surface area contributed by atoms with E-state index in [9.17, 15) is 4.79 Å². The fraction of sp³-hybridized carbons (Fsp3) is 0.429. The van der Waals surface area contributed by atoms with Crippen LogP contribution in [0.5, 0.6) is 0 Å². The molecule has 0 radical (unpaired) electrons. The SMILES string of the molecule is CC(=O)N(Cc1cncnc1)C1CCCN(Cc2ccc3cn[nH]c3c2)CC1. The van der Waals surface area contributed by atoms with Crippen molar-refractivity contribution in [1.82, 2.24) is 30.0 Å². The van der Waals surface area contributed by atoms with Gasteiger partial charge in [-0.15, -0.1) is 0 Å². The van der Waals surface area contributed by atoms with Gasteiger partial charge in [0.2, 0.25) is 5.91 Å². The van der Waals surface area contributed by atoms with Crippen LogP contribution in [0.15, 0.2) is 43.1 Å². The van der Waals surface area contributed by atoms with Crippen molar-refractivity contribution in [2.75, 3.05) is 13.1 Å². The molecular weight excluding hydrogens is 352 g/mol. The van der Waals surface area contributed by atoms with Crippen molar-refractivity contribution in [3.63, 3.8) is 0 Å². The summed E-state index contributed by atoms with van der Waals surface area (Å²) in [4.78, 5) is 24.9. The molecule has 1 saturated heterocycles. The van der Waals surface area contributed by atoms with Crippen molar-refractivity contribution < 1.29 is 4.79 Å². The Morgan fingerprint density at radius 2 is 2.04 bits per heavy atom. The molecule has 1 aliphatic heterocycles. The molecule has 7 nitrogen and oxygen atoms in total. The number of amides is 1. The van der Waals surface area contributed by atoms with E-state index in [1.807, 2.05) is 11.1 Å². The summed E-state index contributed by atoms with van der Waals surface area (Å²) < 4.78 is 0. The molecule has 1 N–H and O–H groups in total. The molecule has 1 amide bonds. The van der Waals surface area contributed by atoms with Crippen LogP contribution in [-0.4, -0.2) is 55.0 Å². The van der Waals surface area contributed by atoms with Crippen LogP contribution >= 0.6 is 0 Å². The minimum atomic E-state index is 0.118. The first kappa shape index (κ1) is 18.6. The number of nitrogens with zero attached hydrogens (tertiary/aromatic N) is 5. The first-order chi connectivity index (χ1) is 13.7. The van der Waals surface area contributed by atoms with Crippen molar-refractivity contribution in [3.05, 3.63) is 54.2 Å². The molecule has 1 aliphatic rings. The Labute approximate surface area is 164 Å². The third kappa shape index (κ3) is 4.36. The van der Waals surface area contributed by atoms with Crippen molar-refractivity contribution >= 4 is 16.8 Å². The number of fused-ring (bicyclic) bond motifs is 1. The highest BCUT2D eigenvalue weighted by Crippen LogP contribution is 2.21. The fourth-order valence-corrected chi connectivity index (χ4v) is 4.05. The third-order valence-electron chi connectivity index (χ3n) is 5.51. The number of H-pyrrole nitrogens is 1. The summed E-state index contributed by atoms with van der Waals surface area (Å²) in [5.41, 5.74) is 3.35. The van der Waals surface area contributed by atoms with Crippen LogP contribution in [0.25, 0.3) is 10.9 Å². The number of carbonyl (C=O) groups is 1. The molecule has 3 aromatic rings. The molecule has 0 saturated carbocycles. The molecule has 28 heavy (non-hydrogen) atoms. The van der Waals surface area contributed by atoms with Gasteiger partial charge in [-0.3, -0.25) is 14.8 Å². The van der Waals surface area contributed by atoms with E-state index in [4.69, 9.17) is 0 Å². The number of benzene rings is 1. The van der Waals surface area contributed by atoms with Gasteiger partial charge in [-0.25, -0.2) is 9.97 Å². The van der Waals surface area contributed by atoms with Crippen molar-refractivity contribution in [2.24, 2.45) is 0 Å². The number of nitrogens with one attached hydrogen (secondary N) is 1. The highest BCUT2D eigenvalue weighted by molar-refractivity contribution is 5.78. The lowest BCUT2D eigenvalue weighted by Gasteiger charge is -2.30. The molecule has 1 unspecified atom stereocenters. The first-order valence-electron chi connectivity index (χ1n) is 9.84. The molecule has 1 atom stereocenters. The van der Waals surface area contributed by atoms with Crippen molar-refractivity contribution in [2.45, 2.75) is 45.3 Å². The van der Waals surface area contributed by atoms with Crippen LogP contribution in [0.1, 0.15) is 37.3 Å². The quantitative estimate of drug-likeness (QED) is 0.739. The Morgan fingerprint density at radius 1 is 1.18 bits per heavy atom. The van der Waals surface area contributed by atoms with Gasteiger partial charge in [0, 0.05) is 55.9 Å². The summed E-state index contributed by atoms with van der Waals surface area (Å²) in [6.07, 6.45) is 10.1. The van der Waals surface area contributed by atoms with Gasteiger partial charge < -0.3 is 4.90 Å². The lowest BCUT2D eigenvalue weighted by Crippen LogP contribution is -2.39. The van der Waals surface area contributed by atoms with Crippen LogP contribution in [0.2, 0.25) is 0 Å². The van der Waals surface area contributed by atoms with E-state index >= 15 is 0 Å². The first-order valence-corrected chi connectivity index (χ1v) is 9.84. The summed E-state index contributed by atoms with van der Waals surface area (Å²) in [6.45, 7) is 5.20. The smallest absolute Gasteiger partial charge is 0.219 e. The fourth-order valence-electron chi connectivity index (χ4n) is 4.05. The minimum Gasteiger partial charge on any atom is -0.335 e. The van der Waals surface area contributed by atoms with Crippen molar-refractivity contribution in [1.29, 1.82) is 0 Å². The Kier molecular flexibility index (Phi) is 5.62. The van der Waals surface area contributed by atoms with Gasteiger partial charge >= 0.3 is 0 Å². The van der Waals surface area contributed by atoms with Gasteiger partial charge in [0.25, 0.3) is 0 Å². The summed E-state index contributed by atoms with van der Waals surface area (Å²) in [7, 11) is 0. The van der Waals surface area contributed by atoms with E-state index in [0.29, 0.717) is 6.54 Å². The van der Waals surface area contributed by atoms with Crippen LogP contribution in [-0.2, 0) is 17.9 Å². The third-order valence-corrected chi connectivity index (χ3v) is 5.51. The van der Waals surface area contributed by atoms with E-state index in [2.05, 4.69) is 43.3 Å².